The van der Waals surface area contributed by atoms with Gasteiger partial charge in [-0.15, -0.1) is 0 Å². The molecule has 4 aromatic rings. The summed E-state index contributed by atoms with van der Waals surface area (Å²) >= 11 is 0. The molecular formula is C24H25FN6O. The number of urea groups is 1. The zero-order valence-corrected chi connectivity index (χ0v) is 18.5. The van der Waals surface area contributed by atoms with E-state index in [0.717, 1.165) is 33.4 Å². The van der Waals surface area contributed by atoms with E-state index in [9.17, 15) is 9.18 Å². The monoisotopic (exact) mass is 432 g/mol. The summed E-state index contributed by atoms with van der Waals surface area (Å²) in [6, 6.07) is 13.6. The van der Waals surface area contributed by atoms with Crippen LogP contribution >= 0.6 is 0 Å². The highest BCUT2D eigenvalue weighted by atomic mass is 19.1. The number of carbonyl (C=O) groups is 1. The number of carbonyl (C=O) groups excluding carboxylic acids is 1. The van der Waals surface area contributed by atoms with E-state index in [0.29, 0.717) is 12.2 Å². The number of hydrogen-bond acceptors (Lipinski definition) is 4. The van der Waals surface area contributed by atoms with Crippen molar-refractivity contribution < 1.29 is 9.18 Å². The molecule has 2 N–H and O–H groups in total. The quantitative estimate of drug-likeness (QED) is 0.476. The number of anilines is 2. The van der Waals surface area contributed by atoms with Crippen LogP contribution in [0.2, 0.25) is 0 Å². The second-order valence-electron chi connectivity index (χ2n) is 8.04. The molecule has 2 heterocycles. The number of nitrogens with one attached hydrogen (secondary N) is 2. The smallest absolute Gasteiger partial charge is 0.308 e. The minimum Gasteiger partial charge on any atom is -0.308 e. The lowest BCUT2D eigenvalue weighted by Gasteiger charge is -2.13. The van der Waals surface area contributed by atoms with Gasteiger partial charge in [0.2, 0.25) is 0 Å². The van der Waals surface area contributed by atoms with E-state index in [1.165, 1.54) is 6.07 Å². The molecule has 0 aliphatic carbocycles. The molecule has 0 spiro atoms. The molecule has 0 atom stereocenters. The highest BCUT2D eigenvalue weighted by molar-refractivity contribution is 6.00. The van der Waals surface area contributed by atoms with Crippen molar-refractivity contribution >= 4 is 28.4 Å². The Morgan fingerprint density at radius 3 is 2.56 bits per heavy atom. The van der Waals surface area contributed by atoms with Gasteiger partial charge >= 0.3 is 6.03 Å². The summed E-state index contributed by atoms with van der Waals surface area (Å²) in [4.78, 5) is 19.1. The van der Waals surface area contributed by atoms with Crippen molar-refractivity contribution in [3.05, 3.63) is 71.8 Å². The van der Waals surface area contributed by atoms with Gasteiger partial charge in [0.05, 0.1) is 17.6 Å². The number of benzene rings is 2. The average Bonchev–Trinajstić information content (AvgIpc) is 3.11. The van der Waals surface area contributed by atoms with Crippen molar-refractivity contribution in [2.24, 2.45) is 7.05 Å². The van der Waals surface area contributed by atoms with Crippen LogP contribution in [0.5, 0.6) is 0 Å². The first-order chi connectivity index (χ1) is 15.3. The van der Waals surface area contributed by atoms with Gasteiger partial charge in [-0.3, -0.25) is 4.68 Å². The van der Waals surface area contributed by atoms with Crippen LogP contribution in [0.25, 0.3) is 22.2 Å². The van der Waals surface area contributed by atoms with Crippen LogP contribution in [0.3, 0.4) is 0 Å². The minimum atomic E-state index is -0.505. The van der Waals surface area contributed by atoms with Crippen molar-refractivity contribution in [3.63, 3.8) is 0 Å². The van der Waals surface area contributed by atoms with Crippen molar-refractivity contribution in [1.29, 1.82) is 0 Å². The third-order valence-corrected chi connectivity index (χ3v) is 5.06. The van der Waals surface area contributed by atoms with Gasteiger partial charge in [0.1, 0.15) is 5.82 Å². The molecule has 2 aromatic heterocycles. The van der Waals surface area contributed by atoms with Crippen molar-refractivity contribution in [3.8, 4) is 11.1 Å². The number of halogens is 1. The number of fused-ring (bicyclic) bond motifs is 1. The molecule has 0 aliphatic rings. The van der Waals surface area contributed by atoms with Gasteiger partial charge in [-0.05, 0) is 68.0 Å². The molecule has 2 amide bonds. The normalized spacial score (nSPS) is 11.2. The topological polar surface area (TPSA) is 75.1 Å². The van der Waals surface area contributed by atoms with E-state index in [4.69, 9.17) is 4.98 Å². The van der Waals surface area contributed by atoms with Crippen molar-refractivity contribution in [2.75, 3.05) is 24.7 Å². The maximum absolute atomic E-state index is 13.9. The second kappa shape index (κ2) is 8.76. The van der Waals surface area contributed by atoms with Crippen LogP contribution in [0.4, 0.5) is 20.6 Å². The molecule has 164 valence electrons. The Labute approximate surface area is 185 Å². The largest absolute Gasteiger partial charge is 0.323 e. The lowest BCUT2D eigenvalue weighted by atomic mass is 10.0. The summed E-state index contributed by atoms with van der Waals surface area (Å²) in [6.07, 6.45) is 1.81. The number of aryl methyl sites for hydroxylation is 2. The standard InChI is InChI=1S/C24H25FN6O/c1-15-5-10-21(25)22(11-15)29-24(32)28-17-8-6-16(7-9-17)19-12-18(14-30(2)3)27-23-20(19)13-26-31(23)4/h5-13H,14H2,1-4H3,(H2,28,29,32). The van der Waals surface area contributed by atoms with Gasteiger partial charge in [0, 0.05) is 24.7 Å². The second-order valence-corrected chi connectivity index (χ2v) is 8.04. The minimum absolute atomic E-state index is 0.142. The number of amides is 2. The van der Waals surface area contributed by atoms with Gasteiger partial charge in [0.15, 0.2) is 5.65 Å². The first-order valence-corrected chi connectivity index (χ1v) is 10.2. The number of hydrogen-bond donors (Lipinski definition) is 2. The maximum Gasteiger partial charge on any atom is 0.323 e. The van der Waals surface area contributed by atoms with Crippen LogP contribution in [0.15, 0.2) is 54.7 Å². The van der Waals surface area contributed by atoms with E-state index >= 15 is 0 Å². The molecule has 8 heteroatoms. The number of aromatic nitrogens is 3. The molecule has 0 bridgehead atoms. The molecule has 0 fully saturated rings. The average molecular weight is 433 g/mol. The first-order valence-electron chi connectivity index (χ1n) is 10.2. The molecule has 0 saturated carbocycles. The Morgan fingerprint density at radius 2 is 1.84 bits per heavy atom. The number of pyridine rings is 1. The summed E-state index contributed by atoms with van der Waals surface area (Å²) in [6.45, 7) is 2.55. The van der Waals surface area contributed by atoms with Gasteiger partial charge in [-0.1, -0.05) is 18.2 Å². The van der Waals surface area contributed by atoms with Gasteiger partial charge < -0.3 is 15.5 Å². The van der Waals surface area contributed by atoms with Crippen LogP contribution in [0.1, 0.15) is 11.3 Å². The number of nitrogens with zero attached hydrogens (tertiary/aromatic N) is 4. The third-order valence-electron chi connectivity index (χ3n) is 5.06. The predicted octanol–water partition coefficient (Wildman–Crippen LogP) is 4.79. The summed E-state index contributed by atoms with van der Waals surface area (Å²) in [5, 5.41) is 10.6. The maximum atomic E-state index is 13.9. The van der Waals surface area contributed by atoms with Crippen LogP contribution in [-0.4, -0.2) is 39.8 Å². The van der Waals surface area contributed by atoms with E-state index < -0.39 is 11.8 Å². The summed E-state index contributed by atoms with van der Waals surface area (Å²) in [5.41, 5.74) is 5.38. The molecule has 0 saturated heterocycles. The van der Waals surface area contributed by atoms with Gasteiger partial charge in [-0.2, -0.15) is 5.10 Å². The molecule has 0 unspecified atom stereocenters. The molecule has 0 aliphatic heterocycles. The fraction of sp³-hybridized carbons (Fsp3) is 0.208. The zero-order valence-electron chi connectivity index (χ0n) is 18.5. The lowest BCUT2D eigenvalue weighted by molar-refractivity contribution is 0.262. The molecule has 0 radical (unpaired) electrons. The van der Waals surface area contributed by atoms with Gasteiger partial charge in [-0.25, -0.2) is 14.2 Å². The third kappa shape index (κ3) is 4.60. The Morgan fingerprint density at radius 1 is 1.09 bits per heavy atom. The van der Waals surface area contributed by atoms with E-state index in [2.05, 4.69) is 26.7 Å². The summed E-state index contributed by atoms with van der Waals surface area (Å²) in [5.74, 6) is -0.479. The van der Waals surface area contributed by atoms with Crippen molar-refractivity contribution in [2.45, 2.75) is 13.5 Å². The zero-order chi connectivity index (χ0) is 22.8. The predicted molar refractivity (Wildman–Crippen MR) is 125 cm³/mol. The Bertz CT molecular complexity index is 1280. The van der Waals surface area contributed by atoms with Gasteiger partial charge in [0.25, 0.3) is 0 Å². The highest BCUT2D eigenvalue weighted by Gasteiger charge is 2.13. The van der Waals surface area contributed by atoms with Crippen LogP contribution in [-0.2, 0) is 13.6 Å². The van der Waals surface area contributed by atoms with Crippen LogP contribution in [0, 0.1) is 12.7 Å². The molecule has 4 rings (SSSR count). The SMILES string of the molecule is Cc1ccc(F)c(NC(=O)Nc2ccc(-c3cc(CN(C)C)nc4c3cnn4C)cc2)c1. The highest BCUT2D eigenvalue weighted by Crippen LogP contribution is 2.29. The summed E-state index contributed by atoms with van der Waals surface area (Å²) in [7, 11) is 5.88. The Hall–Kier alpha value is -3.78. The van der Waals surface area contributed by atoms with E-state index in [1.807, 2.05) is 58.5 Å². The van der Waals surface area contributed by atoms with Crippen molar-refractivity contribution in [1.82, 2.24) is 19.7 Å². The van der Waals surface area contributed by atoms with Crippen LogP contribution < -0.4 is 10.6 Å². The first kappa shape index (κ1) is 21.5. The molecular weight excluding hydrogens is 407 g/mol. The Balaban J connectivity index is 1.56. The molecule has 7 nitrogen and oxygen atoms in total. The molecule has 32 heavy (non-hydrogen) atoms. The fourth-order valence-corrected chi connectivity index (χ4v) is 3.56. The van der Waals surface area contributed by atoms with E-state index in [1.54, 1.807) is 16.8 Å². The Kier molecular flexibility index (Phi) is 5.87. The molecule has 2 aromatic carbocycles. The lowest BCUT2D eigenvalue weighted by Crippen LogP contribution is -2.20. The van der Waals surface area contributed by atoms with E-state index in [-0.39, 0.29) is 5.69 Å². The summed E-state index contributed by atoms with van der Waals surface area (Å²) < 4.78 is 15.7. The number of rotatable bonds is 5. The fourth-order valence-electron chi connectivity index (χ4n) is 3.56.